The Morgan fingerprint density at radius 2 is 2.00 bits per heavy atom. The van der Waals surface area contributed by atoms with E-state index in [2.05, 4.69) is 30.1 Å². The normalized spacial score (nSPS) is 10.2. The number of nitriles is 1. The van der Waals surface area contributed by atoms with Crippen molar-refractivity contribution < 1.29 is 14.6 Å². The van der Waals surface area contributed by atoms with Gasteiger partial charge in [-0.15, -0.1) is 0 Å². The Hall–Kier alpha value is -3.65. The SMILES string of the molecule is Cc1ccccc1CCOc1ccc(-c2ncccc2C(=O)O)cc1C#N. The van der Waals surface area contributed by atoms with Crippen molar-refractivity contribution in [3.63, 3.8) is 0 Å². The fourth-order valence-electron chi connectivity index (χ4n) is 2.86. The minimum absolute atomic E-state index is 0.0922. The second-order valence-corrected chi connectivity index (χ2v) is 6.05. The van der Waals surface area contributed by atoms with Gasteiger partial charge in [0.25, 0.3) is 0 Å². The lowest BCUT2D eigenvalue weighted by atomic mass is 10.0. The van der Waals surface area contributed by atoms with Crippen molar-refractivity contribution in [3.8, 4) is 23.1 Å². The van der Waals surface area contributed by atoms with Crippen molar-refractivity contribution in [3.05, 3.63) is 83.0 Å². The second-order valence-electron chi connectivity index (χ2n) is 6.05. The predicted molar refractivity (Wildman–Crippen MR) is 102 cm³/mol. The number of hydrogen-bond acceptors (Lipinski definition) is 4. The maximum atomic E-state index is 11.4. The van der Waals surface area contributed by atoms with E-state index in [4.69, 9.17) is 4.74 Å². The van der Waals surface area contributed by atoms with Crippen molar-refractivity contribution >= 4 is 5.97 Å². The van der Waals surface area contributed by atoms with Crippen molar-refractivity contribution in [2.24, 2.45) is 0 Å². The molecule has 0 unspecified atom stereocenters. The molecule has 5 nitrogen and oxygen atoms in total. The highest BCUT2D eigenvalue weighted by Gasteiger charge is 2.14. The zero-order valence-electron chi connectivity index (χ0n) is 14.8. The highest BCUT2D eigenvalue weighted by molar-refractivity contribution is 5.94. The molecule has 1 heterocycles. The van der Waals surface area contributed by atoms with Gasteiger partial charge in [0.05, 0.1) is 23.4 Å². The lowest BCUT2D eigenvalue weighted by Gasteiger charge is -2.11. The Balaban J connectivity index is 1.80. The molecule has 0 radical (unpaired) electrons. The van der Waals surface area contributed by atoms with Gasteiger partial charge in [-0.1, -0.05) is 24.3 Å². The van der Waals surface area contributed by atoms with E-state index in [-0.39, 0.29) is 5.56 Å². The van der Waals surface area contributed by atoms with Gasteiger partial charge in [-0.05, 0) is 48.4 Å². The van der Waals surface area contributed by atoms with Gasteiger partial charge in [0.2, 0.25) is 0 Å². The van der Waals surface area contributed by atoms with Gasteiger partial charge in [-0.2, -0.15) is 5.26 Å². The Labute approximate surface area is 157 Å². The van der Waals surface area contributed by atoms with Crippen LogP contribution >= 0.6 is 0 Å². The number of nitrogens with zero attached hydrogens (tertiary/aromatic N) is 2. The highest BCUT2D eigenvalue weighted by Crippen LogP contribution is 2.27. The third kappa shape index (κ3) is 4.13. The van der Waals surface area contributed by atoms with Gasteiger partial charge >= 0.3 is 5.97 Å². The molecule has 0 spiro atoms. The van der Waals surface area contributed by atoms with E-state index >= 15 is 0 Å². The summed E-state index contributed by atoms with van der Waals surface area (Å²) in [5.74, 6) is -0.585. The van der Waals surface area contributed by atoms with Crippen molar-refractivity contribution in [1.82, 2.24) is 4.98 Å². The fraction of sp³-hybridized carbons (Fsp3) is 0.136. The maximum Gasteiger partial charge on any atom is 0.337 e. The molecule has 0 atom stereocenters. The van der Waals surface area contributed by atoms with E-state index in [1.54, 1.807) is 24.3 Å². The molecule has 0 bridgehead atoms. The Morgan fingerprint density at radius 3 is 2.74 bits per heavy atom. The minimum Gasteiger partial charge on any atom is -0.492 e. The molecule has 1 aromatic heterocycles. The van der Waals surface area contributed by atoms with Crippen LogP contribution in [0, 0.1) is 18.3 Å². The first-order chi connectivity index (χ1) is 13.1. The molecule has 5 heteroatoms. The van der Waals surface area contributed by atoms with Crippen LogP contribution in [0.3, 0.4) is 0 Å². The summed E-state index contributed by atoms with van der Waals surface area (Å²) in [6.45, 7) is 2.50. The number of ether oxygens (including phenoxy) is 1. The summed E-state index contributed by atoms with van der Waals surface area (Å²) < 4.78 is 5.80. The summed E-state index contributed by atoms with van der Waals surface area (Å²) in [6, 6.07) is 18.3. The third-order valence-corrected chi connectivity index (χ3v) is 4.30. The molecular weight excluding hydrogens is 340 g/mol. The quantitative estimate of drug-likeness (QED) is 0.712. The molecule has 0 aliphatic rings. The molecule has 0 aliphatic carbocycles. The van der Waals surface area contributed by atoms with Crippen LogP contribution in [0.25, 0.3) is 11.3 Å². The molecule has 134 valence electrons. The topological polar surface area (TPSA) is 83.2 Å². The minimum atomic E-state index is -1.06. The van der Waals surface area contributed by atoms with Crippen LogP contribution in [0.15, 0.2) is 60.8 Å². The number of benzene rings is 2. The number of hydrogen-bond donors (Lipinski definition) is 1. The first kappa shape index (κ1) is 18.2. The summed E-state index contributed by atoms with van der Waals surface area (Å²) >= 11 is 0. The molecule has 0 saturated heterocycles. The van der Waals surface area contributed by atoms with Crippen LogP contribution in [-0.2, 0) is 6.42 Å². The standard InChI is InChI=1S/C22H18N2O3/c1-15-5-2-3-6-16(15)10-12-27-20-9-8-17(13-18(20)14-23)21-19(22(25)26)7-4-11-24-21/h2-9,11,13H,10,12H2,1H3,(H,25,26). The zero-order chi connectivity index (χ0) is 19.2. The van der Waals surface area contributed by atoms with Gasteiger partial charge < -0.3 is 9.84 Å². The Kier molecular flexibility index (Phi) is 5.48. The molecule has 2 aromatic carbocycles. The predicted octanol–water partition coefficient (Wildman–Crippen LogP) is 4.25. The molecule has 3 rings (SSSR count). The first-order valence-electron chi connectivity index (χ1n) is 8.50. The average Bonchev–Trinajstić information content (AvgIpc) is 2.69. The van der Waals surface area contributed by atoms with Gasteiger partial charge in [0.15, 0.2) is 0 Å². The molecule has 0 fully saturated rings. The number of pyridine rings is 1. The van der Waals surface area contributed by atoms with Crippen LogP contribution in [0.2, 0.25) is 0 Å². The largest absolute Gasteiger partial charge is 0.492 e. The molecule has 1 N–H and O–H groups in total. The van der Waals surface area contributed by atoms with E-state index in [1.807, 2.05) is 12.1 Å². The summed E-state index contributed by atoms with van der Waals surface area (Å²) in [7, 11) is 0. The van der Waals surface area contributed by atoms with E-state index in [1.165, 1.54) is 23.4 Å². The van der Waals surface area contributed by atoms with E-state index < -0.39 is 5.97 Å². The van der Waals surface area contributed by atoms with Crippen molar-refractivity contribution in [2.45, 2.75) is 13.3 Å². The summed E-state index contributed by atoms with van der Waals surface area (Å²) in [5, 5.41) is 18.8. The highest BCUT2D eigenvalue weighted by atomic mass is 16.5. The molecule has 0 saturated carbocycles. The fourth-order valence-corrected chi connectivity index (χ4v) is 2.86. The molecule has 0 aliphatic heterocycles. The second kappa shape index (κ2) is 8.15. The van der Waals surface area contributed by atoms with Crippen LogP contribution in [0.5, 0.6) is 5.75 Å². The summed E-state index contributed by atoms with van der Waals surface area (Å²) in [6.07, 6.45) is 2.27. The number of carboxylic acid groups (broad SMARTS) is 1. The van der Waals surface area contributed by atoms with E-state index in [0.717, 1.165) is 6.42 Å². The monoisotopic (exact) mass is 358 g/mol. The van der Waals surface area contributed by atoms with Crippen LogP contribution in [0.1, 0.15) is 27.0 Å². The van der Waals surface area contributed by atoms with Crippen LogP contribution < -0.4 is 4.74 Å². The first-order valence-corrected chi connectivity index (χ1v) is 8.50. The lowest BCUT2D eigenvalue weighted by molar-refractivity contribution is 0.0697. The summed E-state index contributed by atoms with van der Waals surface area (Å²) in [4.78, 5) is 15.5. The lowest BCUT2D eigenvalue weighted by Crippen LogP contribution is -2.04. The van der Waals surface area contributed by atoms with Crippen molar-refractivity contribution in [1.29, 1.82) is 5.26 Å². The maximum absolute atomic E-state index is 11.4. The molecule has 27 heavy (non-hydrogen) atoms. The van der Waals surface area contributed by atoms with Crippen molar-refractivity contribution in [2.75, 3.05) is 6.61 Å². The van der Waals surface area contributed by atoms with Crippen LogP contribution in [-0.4, -0.2) is 22.7 Å². The number of carbonyl (C=O) groups is 1. The molecular formula is C22H18N2O3. The number of aromatic carboxylic acids is 1. The van der Waals surface area contributed by atoms with Gasteiger partial charge in [-0.25, -0.2) is 4.79 Å². The van der Waals surface area contributed by atoms with Gasteiger partial charge in [0, 0.05) is 18.2 Å². The van der Waals surface area contributed by atoms with Gasteiger partial charge in [-0.3, -0.25) is 4.98 Å². The zero-order valence-corrected chi connectivity index (χ0v) is 14.8. The Bertz CT molecular complexity index is 1020. The smallest absolute Gasteiger partial charge is 0.337 e. The number of carboxylic acids is 1. The Morgan fingerprint density at radius 1 is 1.19 bits per heavy atom. The molecule has 0 amide bonds. The third-order valence-electron chi connectivity index (χ3n) is 4.30. The number of aromatic nitrogens is 1. The molecule has 3 aromatic rings. The number of aryl methyl sites for hydroxylation is 1. The average molecular weight is 358 g/mol. The van der Waals surface area contributed by atoms with Gasteiger partial charge in [0.1, 0.15) is 11.8 Å². The van der Waals surface area contributed by atoms with Crippen LogP contribution in [0.4, 0.5) is 0 Å². The van der Waals surface area contributed by atoms with E-state index in [9.17, 15) is 15.2 Å². The summed E-state index contributed by atoms with van der Waals surface area (Å²) in [5.41, 5.74) is 3.73. The van der Waals surface area contributed by atoms with E-state index in [0.29, 0.717) is 29.2 Å². The number of rotatable bonds is 6.